The van der Waals surface area contributed by atoms with Gasteiger partial charge in [-0.05, 0) is 30.9 Å². The average Bonchev–Trinajstić information content (AvgIpc) is 3.25. The summed E-state index contributed by atoms with van der Waals surface area (Å²) in [6, 6.07) is 10.2. The van der Waals surface area contributed by atoms with E-state index in [9.17, 15) is 4.79 Å². The van der Waals surface area contributed by atoms with Gasteiger partial charge in [0.25, 0.3) is 5.91 Å². The van der Waals surface area contributed by atoms with Crippen LogP contribution in [0.4, 0.5) is 0 Å². The molecule has 5 heteroatoms. The largest absolute Gasteiger partial charge is 0.322 e. The predicted octanol–water partition coefficient (Wildman–Crippen LogP) is 4.76. The molecule has 0 fully saturated rings. The zero-order valence-corrected chi connectivity index (χ0v) is 15.8. The number of thiazole rings is 1. The summed E-state index contributed by atoms with van der Waals surface area (Å²) in [4.78, 5) is 19.9. The molecule has 0 N–H and O–H groups in total. The zero-order chi connectivity index (χ0) is 17.8. The van der Waals surface area contributed by atoms with E-state index in [1.807, 2.05) is 54.9 Å². The molecule has 3 rings (SSSR count). The Labute approximate surface area is 156 Å². The van der Waals surface area contributed by atoms with Crippen LogP contribution in [0, 0.1) is 26.2 Å². The van der Waals surface area contributed by atoms with Crippen LogP contribution < -0.4 is 0 Å². The normalized spacial score (nSPS) is 10.4. The molecule has 1 aromatic carbocycles. The third-order valence-corrected chi connectivity index (χ3v) is 5.70. The van der Waals surface area contributed by atoms with Gasteiger partial charge in [0.2, 0.25) is 0 Å². The fourth-order valence-corrected chi connectivity index (χ4v) is 4.22. The second-order valence-electron chi connectivity index (χ2n) is 5.80. The number of hydrogen-bond donors (Lipinski definition) is 0. The predicted molar refractivity (Wildman–Crippen MR) is 105 cm³/mol. The first-order chi connectivity index (χ1) is 12.1. The minimum absolute atomic E-state index is 0.0602. The monoisotopic (exact) mass is 366 g/mol. The van der Waals surface area contributed by atoms with Gasteiger partial charge in [-0.1, -0.05) is 35.7 Å². The summed E-state index contributed by atoms with van der Waals surface area (Å²) in [5, 5.41) is 4.92. The number of benzene rings is 1. The van der Waals surface area contributed by atoms with Crippen molar-refractivity contribution in [1.82, 2.24) is 9.88 Å². The van der Waals surface area contributed by atoms with Crippen LogP contribution in [0.2, 0.25) is 0 Å². The van der Waals surface area contributed by atoms with Crippen molar-refractivity contribution >= 4 is 28.6 Å². The molecule has 0 unspecified atom stereocenters. The number of aryl methyl sites for hydroxylation is 2. The van der Waals surface area contributed by atoms with Crippen LogP contribution in [0.1, 0.15) is 26.5 Å². The summed E-state index contributed by atoms with van der Waals surface area (Å²) in [6.07, 6.45) is 5.49. The van der Waals surface area contributed by atoms with E-state index >= 15 is 0 Å². The van der Waals surface area contributed by atoms with Gasteiger partial charge >= 0.3 is 0 Å². The summed E-state index contributed by atoms with van der Waals surface area (Å²) in [5.74, 6) is 2.53. The van der Waals surface area contributed by atoms with E-state index in [4.69, 9.17) is 6.42 Å². The van der Waals surface area contributed by atoms with Gasteiger partial charge in [-0.2, -0.15) is 11.3 Å². The number of amides is 1. The minimum atomic E-state index is -0.0602. The van der Waals surface area contributed by atoms with Crippen LogP contribution in [0.15, 0.2) is 41.1 Å². The Morgan fingerprint density at radius 2 is 2.00 bits per heavy atom. The van der Waals surface area contributed by atoms with E-state index in [-0.39, 0.29) is 12.5 Å². The van der Waals surface area contributed by atoms with Gasteiger partial charge in [0, 0.05) is 17.5 Å². The number of rotatable bonds is 5. The molecule has 0 aliphatic heterocycles. The minimum Gasteiger partial charge on any atom is -0.322 e. The van der Waals surface area contributed by atoms with E-state index in [1.165, 1.54) is 16.9 Å². The average molecular weight is 367 g/mol. The molecule has 2 heterocycles. The van der Waals surface area contributed by atoms with Crippen molar-refractivity contribution in [3.8, 4) is 22.9 Å². The van der Waals surface area contributed by atoms with Crippen molar-refractivity contribution in [2.75, 3.05) is 6.54 Å². The molecule has 0 radical (unpaired) electrons. The number of aromatic nitrogens is 1. The molecular weight excluding hydrogens is 348 g/mol. The summed E-state index contributed by atoms with van der Waals surface area (Å²) < 4.78 is 0. The summed E-state index contributed by atoms with van der Waals surface area (Å²) in [5.41, 5.74) is 4.06. The number of thiophene rings is 1. The van der Waals surface area contributed by atoms with Gasteiger partial charge < -0.3 is 4.90 Å². The van der Waals surface area contributed by atoms with E-state index in [2.05, 4.69) is 10.9 Å². The Kier molecular flexibility index (Phi) is 5.32. The van der Waals surface area contributed by atoms with Gasteiger partial charge in [0.15, 0.2) is 0 Å². The van der Waals surface area contributed by atoms with Gasteiger partial charge in [-0.25, -0.2) is 4.98 Å². The van der Waals surface area contributed by atoms with Crippen LogP contribution in [0.25, 0.3) is 10.6 Å². The molecule has 3 nitrogen and oxygen atoms in total. The van der Waals surface area contributed by atoms with Crippen LogP contribution in [0.3, 0.4) is 0 Å². The van der Waals surface area contributed by atoms with Crippen molar-refractivity contribution in [2.45, 2.75) is 20.4 Å². The second kappa shape index (κ2) is 7.64. The molecule has 25 heavy (non-hydrogen) atoms. The molecule has 126 valence electrons. The number of terminal acetylenes is 1. The van der Waals surface area contributed by atoms with E-state index in [0.29, 0.717) is 11.4 Å². The first kappa shape index (κ1) is 17.4. The molecule has 0 saturated heterocycles. The molecule has 0 bridgehead atoms. The Bertz CT molecular complexity index is 902. The Hall–Kier alpha value is -2.42. The summed E-state index contributed by atoms with van der Waals surface area (Å²) in [7, 11) is 0. The number of carbonyl (C=O) groups excluding carboxylic acids is 1. The topological polar surface area (TPSA) is 33.2 Å². The molecule has 1 amide bonds. The Morgan fingerprint density at radius 1 is 1.24 bits per heavy atom. The van der Waals surface area contributed by atoms with E-state index < -0.39 is 0 Å². The lowest BCUT2D eigenvalue weighted by Gasteiger charge is -2.20. The summed E-state index contributed by atoms with van der Waals surface area (Å²) >= 11 is 3.05. The van der Waals surface area contributed by atoms with Crippen LogP contribution in [0.5, 0.6) is 0 Å². The SMILES string of the molecule is C#CCN(Cc1ccc(C)cc1)C(=O)c1sc(-c2ccsc2)nc1C. The van der Waals surface area contributed by atoms with Crippen molar-refractivity contribution in [3.05, 3.63) is 62.8 Å². The van der Waals surface area contributed by atoms with Gasteiger partial charge in [0.05, 0.1) is 12.2 Å². The van der Waals surface area contributed by atoms with Crippen LogP contribution in [-0.2, 0) is 6.54 Å². The quantitative estimate of drug-likeness (QED) is 0.610. The molecule has 0 aliphatic rings. The van der Waals surface area contributed by atoms with Crippen LogP contribution in [-0.4, -0.2) is 22.3 Å². The van der Waals surface area contributed by atoms with Crippen molar-refractivity contribution < 1.29 is 4.79 Å². The number of nitrogens with zero attached hydrogens (tertiary/aromatic N) is 2. The highest BCUT2D eigenvalue weighted by atomic mass is 32.1. The zero-order valence-electron chi connectivity index (χ0n) is 14.2. The lowest BCUT2D eigenvalue weighted by Crippen LogP contribution is -2.30. The van der Waals surface area contributed by atoms with Crippen molar-refractivity contribution in [1.29, 1.82) is 0 Å². The second-order valence-corrected chi connectivity index (χ2v) is 7.58. The molecular formula is C20H18N2OS2. The fourth-order valence-electron chi connectivity index (χ4n) is 2.47. The van der Waals surface area contributed by atoms with E-state index in [0.717, 1.165) is 21.8 Å². The number of carbonyl (C=O) groups is 1. The van der Waals surface area contributed by atoms with Gasteiger partial charge in [-0.15, -0.1) is 17.8 Å². The highest BCUT2D eigenvalue weighted by Gasteiger charge is 2.22. The fraction of sp³-hybridized carbons (Fsp3) is 0.200. The molecule has 3 aromatic rings. The standard InChI is InChI=1S/C20H18N2OS2/c1-4-10-22(12-16-7-5-14(2)6-8-16)20(23)18-15(3)21-19(25-18)17-9-11-24-13-17/h1,5-9,11,13H,10,12H2,2-3H3. The van der Waals surface area contributed by atoms with Crippen molar-refractivity contribution in [2.24, 2.45) is 0 Å². The third-order valence-electron chi connectivity index (χ3n) is 3.82. The molecule has 0 saturated carbocycles. The van der Waals surface area contributed by atoms with Gasteiger partial charge in [-0.3, -0.25) is 4.79 Å². The first-order valence-electron chi connectivity index (χ1n) is 7.86. The lowest BCUT2D eigenvalue weighted by molar-refractivity contribution is 0.0769. The van der Waals surface area contributed by atoms with Crippen molar-refractivity contribution in [3.63, 3.8) is 0 Å². The van der Waals surface area contributed by atoms with Gasteiger partial charge in [0.1, 0.15) is 9.88 Å². The van der Waals surface area contributed by atoms with Crippen LogP contribution >= 0.6 is 22.7 Å². The Morgan fingerprint density at radius 3 is 2.64 bits per heavy atom. The summed E-state index contributed by atoms with van der Waals surface area (Å²) in [6.45, 7) is 4.69. The molecule has 0 atom stereocenters. The molecule has 2 aromatic heterocycles. The Balaban J connectivity index is 1.85. The highest BCUT2D eigenvalue weighted by molar-refractivity contribution is 7.17. The molecule has 0 spiro atoms. The smallest absolute Gasteiger partial charge is 0.266 e. The first-order valence-corrected chi connectivity index (χ1v) is 9.62. The van der Waals surface area contributed by atoms with E-state index in [1.54, 1.807) is 16.2 Å². The molecule has 0 aliphatic carbocycles. The maximum absolute atomic E-state index is 13.0. The number of hydrogen-bond acceptors (Lipinski definition) is 4. The maximum Gasteiger partial charge on any atom is 0.266 e. The third kappa shape index (κ3) is 3.98. The maximum atomic E-state index is 13.0. The highest BCUT2D eigenvalue weighted by Crippen LogP contribution is 2.30. The lowest BCUT2D eigenvalue weighted by atomic mass is 10.1.